The molecule has 0 aromatic heterocycles. The molecule has 0 amide bonds. The molecule has 2 aromatic carbocycles. The number of halogens is 2. The van der Waals surface area contributed by atoms with Crippen LogP contribution in [0, 0.1) is 17.1 Å². The van der Waals surface area contributed by atoms with Crippen molar-refractivity contribution >= 4 is 0 Å². The summed E-state index contributed by atoms with van der Waals surface area (Å²) in [6.45, 7) is 0. The second-order valence-corrected chi connectivity index (χ2v) is 5.11. The van der Waals surface area contributed by atoms with Crippen molar-refractivity contribution < 1.29 is 8.78 Å². The Morgan fingerprint density at radius 2 is 1.73 bits per heavy atom. The number of allylic oxidation sites excluding steroid dienone is 1. The van der Waals surface area contributed by atoms with Gasteiger partial charge < -0.3 is 0 Å². The Hall–Kier alpha value is -2.47. The topological polar surface area (TPSA) is 23.8 Å². The molecule has 0 aliphatic carbocycles. The lowest BCUT2D eigenvalue weighted by Crippen LogP contribution is -1.88. The molecule has 2 aromatic rings. The average molecular weight is 297 g/mol. The van der Waals surface area contributed by atoms with Gasteiger partial charge in [-0.15, -0.1) is 0 Å². The van der Waals surface area contributed by atoms with Crippen molar-refractivity contribution in [3.63, 3.8) is 0 Å². The van der Waals surface area contributed by atoms with E-state index in [4.69, 9.17) is 5.26 Å². The van der Waals surface area contributed by atoms with Crippen LogP contribution >= 0.6 is 0 Å². The molecule has 0 N–H and O–H groups in total. The Morgan fingerprint density at radius 1 is 1.00 bits per heavy atom. The van der Waals surface area contributed by atoms with E-state index in [1.54, 1.807) is 6.07 Å². The summed E-state index contributed by atoms with van der Waals surface area (Å²) < 4.78 is 25.4. The first-order valence-electron chi connectivity index (χ1n) is 7.29. The Bertz CT molecular complexity index is 682. The lowest BCUT2D eigenvalue weighted by Gasteiger charge is -2.05. The minimum Gasteiger partial charge on any atom is -0.216 e. The van der Waals surface area contributed by atoms with Gasteiger partial charge >= 0.3 is 0 Å². The van der Waals surface area contributed by atoms with Crippen LogP contribution in [-0.4, -0.2) is 0 Å². The first-order chi connectivity index (χ1) is 10.7. The third-order valence-electron chi connectivity index (χ3n) is 3.55. The minimum atomic E-state index is -0.495. The molecule has 0 heterocycles. The number of nitriles is 1. The maximum atomic E-state index is 13.6. The third-order valence-corrected chi connectivity index (χ3v) is 3.55. The molecule has 0 saturated heterocycles. The summed E-state index contributed by atoms with van der Waals surface area (Å²) in [5, 5.41) is 8.74. The summed E-state index contributed by atoms with van der Waals surface area (Å²) >= 11 is 0. The van der Waals surface area contributed by atoms with E-state index in [9.17, 15) is 8.78 Å². The van der Waals surface area contributed by atoms with Crippen molar-refractivity contribution in [3.8, 4) is 17.2 Å². The Kier molecular flexibility index (Phi) is 5.85. The van der Waals surface area contributed by atoms with Crippen LogP contribution in [0.15, 0.2) is 54.9 Å². The van der Waals surface area contributed by atoms with E-state index in [0.717, 1.165) is 36.8 Å². The van der Waals surface area contributed by atoms with Crippen molar-refractivity contribution in [3.05, 3.63) is 71.8 Å². The zero-order valence-electron chi connectivity index (χ0n) is 12.2. The van der Waals surface area contributed by atoms with E-state index in [1.165, 1.54) is 23.8 Å². The van der Waals surface area contributed by atoms with Crippen molar-refractivity contribution in [1.82, 2.24) is 0 Å². The quantitative estimate of drug-likeness (QED) is 0.640. The van der Waals surface area contributed by atoms with Gasteiger partial charge in [-0.2, -0.15) is 5.26 Å². The summed E-state index contributed by atoms with van der Waals surface area (Å²) in [6.07, 6.45) is 5.80. The predicted octanol–water partition coefficient (Wildman–Crippen LogP) is 5.56. The molecule has 2 rings (SSSR count). The van der Waals surface area contributed by atoms with Crippen LogP contribution in [0.25, 0.3) is 11.1 Å². The highest BCUT2D eigenvalue weighted by atomic mass is 19.1. The van der Waals surface area contributed by atoms with Crippen molar-refractivity contribution in [1.29, 1.82) is 5.26 Å². The average Bonchev–Trinajstić information content (AvgIpc) is 2.55. The van der Waals surface area contributed by atoms with E-state index < -0.39 is 5.82 Å². The monoisotopic (exact) mass is 297 g/mol. The second kappa shape index (κ2) is 8.09. The number of unbranched alkanes of at least 4 members (excludes halogenated alkanes) is 2. The molecular formula is C19H17F2N. The summed E-state index contributed by atoms with van der Waals surface area (Å²) in [5.41, 5.74) is 2.95. The molecule has 3 heteroatoms. The molecule has 0 aliphatic heterocycles. The number of benzene rings is 2. The predicted molar refractivity (Wildman–Crippen MR) is 84.4 cm³/mol. The van der Waals surface area contributed by atoms with E-state index >= 15 is 0 Å². The van der Waals surface area contributed by atoms with Gasteiger partial charge in [0.15, 0.2) is 0 Å². The number of nitrogens with zero attached hydrogens (tertiary/aromatic N) is 1. The van der Waals surface area contributed by atoms with Crippen LogP contribution in [0.1, 0.15) is 30.4 Å². The molecule has 0 spiro atoms. The van der Waals surface area contributed by atoms with Gasteiger partial charge in [-0.25, -0.2) is 8.78 Å². The number of hydrogen-bond acceptors (Lipinski definition) is 1. The molecule has 0 fully saturated rings. The van der Waals surface area contributed by atoms with Crippen LogP contribution in [0.3, 0.4) is 0 Å². The van der Waals surface area contributed by atoms with E-state index in [1.807, 2.05) is 30.3 Å². The number of hydrogen-bond donors (Lipinski definition) is 0. The fourth-order valence-corrected chi connectivity index (χ4v) is 2.30. The fourth-order valence-electron chi connectivity index (χ4n) is 2.30. The standard InChI is InChI=1S/C19H17F2N/c20-12-4-2-1-3-5-15-6-8-16(9-7-15)17-10-11-18(14-22)19(21)13-17/h4,6-13H,1-3,5H2/b12-4+. The minimum absolute atomic E-state index is 0.0581. The molecule has 0 radical (unpaired) electrons. The van der Waals surface area contributed by atoms with Gasteiger partial charge in [-0.3, -0.25) is 0 Å². The fraction of sp³-hybridized carbons (Fsp3) is 0.211. The summed E-state index contributed by atoms with van der Waals surface area (Å²) in [7, 11) is 0. The van der Waals surface area contributed by atoms with Gasteiger partial charge in [0, 0.05) is 0 Å². The van der Waals surface area contributed by atoms with Gasteiger partial charge in [-0.1, -0.05) is 36.4 Å². The highest BCUT2D eigenvalue weighted by molar-refractivity contribution is 5.64. The van der Waals surface area contributed by atoms with Gasteiger partial charge in [-0.05, 0) is 54.5 Å². The van der Waals surface area contributed by atoms with E-state index in [2.05, 4.69) is 0 Å². The lowest BCUT2D eigenvalue weighted by molar-refractivity contribution is 0.624. The molecule has 0 unspecified atom stereocenters. The van der Waals surface area contributed by atoms with Crippen molar-refractivity contribution in [2.75, 3.05) is 0 Å². The highest BCUT2D eigenvalue weighted by Crippen LogP contribution is 2.22. The van der Waals surface area contributed by atoms with E-state index in [-0.39, 0.29) is 5.56 Å². The third kappa shape index (κ3) is 4.26. The number of rotatable bonds is 6. The van der Waals surface area contributed by atoms with Crippen LogP contribution in [0.2, 0.25) is 0 Å². The van der Waals surface area contributed by atoms with Gasteiger partial charge in [0.2, 0.25) is 0 Å². The maximum Gasteiger partial charge on any atom is 0.141 e. The molecule has 112 valence electrons. The van der Waals surface area contributed by atoms with Crippen molar-refractivity contribution in [2.24, 2.45) is 0 Å². The van der Waals surface area contributed by atoms with Gasteiger partial charge in [0.05, 0.1) is 11.9 Å². The molecule has 0 bridgehead atoms. The first kappa shape index (κ1) is 15.9. The molecule has 22 heavy (non-hydrogen) atoms. The zero-order valence-corrected chi connectivity index (χ0v) is 12.2. The normalized spacial score (nSPS) is 10.8. The van der Waals surface area contributed by atoms with Crippen LogP contribution in [0.4, 0.5) is 8.78 Å². The zero-order chi connectivity index (χ0) is 15.8. The Morgan fingerprint density at radius 3 is 2.36 bits per heavy atom. The van der Waals surface area contributed by atoms with Gasteiger partial charge in [0.25, 0.3) is 0 Å². The van der Waals surface area contributed by atoms with Crippen LogP contribution in [0.5, 0.6) is 0 Å². The largest absolute Gasteiger partial charge is 0.216 e. The molecule has 0 aliphatic rings. The van der Waals surface area contributed by atoms with E-state index in [0.29, 0.717) is 6.33 Å². The Labute approximate surface area is 129 Å². The number of aryl methyl sites for hydroxylation is 1. The van der Waals surface area contributed by atoms with Crippen molar-refractivity contribution in [2.45, 2.75) is 25.7 Å². The smallest absolute Gasteiger partial charge is 0.141 e. The maximum absolute atomic E-state index is 13.6. The highest BCUT2D eigenvalue weighted by Gasteiger charge is 2.04. The first-order valence-corrected chi connectivity index (χ1v) is 7.29. The molecule has 0 saturated carbocycles. The van der Waals surface area contributed by atoms with Crippen LogP contribution < -0.4 is 0 Å². The second-order valence-electron chi connectivity index (χ2n) is 5.11. The van der Waals surface area contributed by atoms with Crippen LogP contribution in [-0.2, 0) is 6.42 Å². The SMILES string of the molecule is N#Cc1ccc(-c2ccc(CCCC/C=C/F)cc2)cc1F. The molecule has 1 nitrogen and oxygen atoms in total. The molecule has 0 atom stereocenters. The summed E-state index contributed by atoms with van der Waals surface area (Å²) in [5.74, 6) is -0.495. The summed E-state index contributed by atoms with van der Waals surface area (Å²) in [6, 6.07) is 14.4. The Balaban J connectivity index is 2.00. The molecular weight excluding hydrogens is 280 g/mol. The van der Waals surface area contributed by atoms with Gasteiger partial charge in [0.1, 0.15) is 11.9 Å². The summed E-state index contributed by atoms with van der Waals surface area (Å²) in [4.78, 5) is 0. The lowest BCUT2D eigenvalue weighted by atomic mass is 10.0.